The normalized spacial score (nSPS) is 18.1. The maximum absolute atomic E-state index is 11.3. The molecule has 0 saturated carbocycles. The summed E-state index contributed by atoms with van der Waals surface area (Å²) in [6.07, 6.45) is 8.65. The zero-order valence-electron chi connectivity index (χ0n) is 20.2. The van der Waals surface area contributed by atoms with Crippen molar-refractivity contribution in [2.45, 2.75) is 38.5 Å². The van der Waals surface area contributed by atoms with Gasteiger partial charge in [-0.15, -0.1) is 5.10 Å². The van der Waals surface area contributed by atoms with E-state index >= 15 is 0 Å². The zero-order chi connectivity index (χ0) is 24.5. The van der Waals surface area contributed by atoms with Crippen molar-refractivity contribution < 1.29 is 14.6 Å². The molecule has 2 aromatic heterocycles. The van der Waals surface area contributed by atoms with Gasteiger partial charge in [0.05, 0.1) is 19.2 Å². The number of aromatic nitrogens is 3. The van der Waals surface area contributed by atoms with Crippen molar-refractivity contribution >= 4 is 16.9 Å². The van der Waals surface area contributed by atoms with Crippen molar-refractivity contribution in [3.8, 4) is 17.6 Å². The summed E-state index contributed by atoms with van der Waals surface area (Å²) in [5, 5.41) is 18.3. The highest BCUT2D eigenvalue weighted by molar-refractivity contribution is 5.83. The van der Waals surface area contributed by atoms with Crippen LogP contribution in [0.3, 0.4) is 0 Å². The number of carbonyl (C=O) groups is 1. The van der Waals surface area contributed by atoms with Crippen LogP contribution in [0.15, 0.2) is 48.8 Å². The van der Waals surface area contributed by atoms with Gasteiger partial charge in [-0.1, -0.05) is 5.92 Å². The number of aryl methyl sites for hydroxylation is 1. The lowest BCUT2D eigenvalue weighted by molar-refractivity contribution is -0.137. The summed E-state index contributed by atoms with van der Waals surface area (Å²) in [5.41, 5.74) is 2.94. The molecule has 1 N–H and O–H groups in total. The molecule has 1 aromatic carbocycles. The molecule has 7 heteroatoms. The van der Waals surface area contributed by atoms with Gasteiger partial charge in [-0.25, -0.2) is 0 Å². The average molecular weight is 473 g/mol. The highest BCUT2D eigenvalue weighted by Crippen LogP contribution is 2.32. The smallest absolute Gasteiger partial charge is 0.303 e. The van der Waals surface area contributed by atoms with Crippen LogP contribution in [0.4, 0.5) is 0 Å². The Morgan fingerprint density at radius 2 is 2.11 bits per heavy atom. The van der Waals surface area contributed by atoms with E-state index in [9.17, 15) is 9.90 Å². The van der Waals surface area contributed by atoms with Crippen LogP contribution in [-0.2, 0) is 11.2 Å². The Labute approximate surface area is 206 Å². The van der Waals surface area contributed by atoms with Gasteiger partial charge < -0.3 is 9.84 Å². The fraction of sp³-hybridized carbons (Fsp3) is 0.429. The Morgan fingerprint density at radius 1 is 1.20 bits per heavy atom. The molecule has 0 unspecified atom stereocenters. The summed E-state index contributed by atoms with van der Waals surface area (Å²) in [4.78, 5) is 18.1. The minimum absolute atomic E-state index is 0.217. The number of rotatable bonds is 9. The Morgan fingerprint density at radius 3 is 2.91 bits per heavy atom. The van der Waals surface area contributed by atoms with Crippen LogP contribution in [0.2, 0.25) is 0 Å². The minimum Gasteiger partial charge on any atom is -0.497 e. The van der Waals surface area contributed by atoms with Crippen LogP contribution in [0.5, 0.6) is 5.75 Å². The second kappa shape index (κ2) is 12.3. The predicted molar refractivity (Wildman–Crippen MR) is 135 cm³/mol. The fourth-order valence-electron chi connectivity index (χ4n) is 5.01. The van der Waals surface area contributed by atoms with Crippen molar-refractivity contribution in [3.63, 3.8) is 0 Å². The first-order chi connectivity index (χ1) is 17.1. The minimum atomic E-state index is -0.722. The molecule has 7 nitrogen and oxygen atoms in total. The molecule has 182 valence electrons. The van der Waals surface area contributed by atoms with Crippen LogP contribution in [0.1, 0.15) is 43.4 Å². The summed E-state index contributed by atoms with van der Waals surface area (Å²) in [7, 11) is 1.68. The number of aliphatic carboxylic acids is 1. The molecular formula is C28H32N4O3. The van der Waals surface area contributed by atoms with E-state index in [1.54, 1.807) is 13.3 Å². The van der Waals surface area contributed by atoms with Gasteiger partial charge in [0.15, 0.2) is 0 Å². The van der Waals surface area contributed by atoms with Gasteiger partial charge in [0.1, 0.15) is 11.4 Å². The second-order valence-corrected chi connectivity index (χ2v) is 9.13. The summed E-state index contributed by atoms with van der Waals surface area (Å²) in [5.74, 6) is 7.29. The number of benzene rings is 1. The molecule has 3 aromatic rings. The number of methoxy groups -OCH3 is 1. The third-order valence-electron chi connectivity index (χ3n) is 6.86. The molecule has 4 rings (SSSR count). The van der Waals surface area contributed by atoms with E-state index in [2.05, 4.69) is 44.1 Å². The summed E-state index contributed by atoms with van der Waals surface area (Å²) >= 11 is 0. The number of carboxylic acids is 1. The molecule has 1 saturated heterocycles. The maximum atomic E-state index is 11.3. The van der Waals surface area contributed by atoms with E-state index in [1.165, 1.54) is 5.56 Å². The Balaban J connectivity index is 1.35. The third kappa shape index (κ3) is 7.00. The fourth-order valence-corrected chi connectivity index (χ4v) is 5.01. The van der Waals surface area contributed by atoms with Gasteiger partial charge in [-0.3, -0.25) is 14.7 Å². The first kappa shape index (κ1) is 24.6. The van der Waals surface area contributed by atoms with Gasteiger partial charge in [-0.05, 0) is 98.4 Å². The summed E-state index contributed by atoms with van der Waals surface area (Å²) in [6, 6.07) is 11.8. The quantitative estimate of drug-likeness (QED) is 0.467. The Kier molecular flexibility index (Phi) is 8.63. The Hall–Kier alpha value is -3.50. The number of hydrogen-bond acceptors (Lipinski definition) is 6. The number of carboxylic acid groups (broad SMARTS) is 1. The first-order valence-corrected chi connectivity index (χ1v) is 12.2. The molecule has 0 radical (unpaired) electrons. The SMILES string of the molecule is COc1ccc2nccc(CCC[C@@H]3CCN(CC#Cc4cccnn4)C[C@@H]3CCC(=O)O)c2c1. The predicted octanol–water partition coefficient (Wildman–Crippen LogP) is 4.21. The van der Waals surface area contributed by atoms with Crippen LogP contribution >= 0.6 is 0 Å². The number of likely N-dealkylation sites (tertiary alicyclic amines) is 1. The van der Waals surface area contributed by atoms with E-state index in [0.29, 0.717) is 30.5 Å². The number of nitrogens with zero attached hydrogens (tertiary/aromatic N) is 4. The zero-order valence-corrected chi connectivity index (χ0v) is 20.2. The van der Waals surface area contributed by atoms with Crippen molar-refractivity contribution in [1.29, 1.82) is 0 Å². The third-order valence-corrected chi connectivity index (χ3v) is 6.86. The van der Waals surface area contributed by atoms with Crippen LogP contribution in [0, 0.1) is 23.7 Å². The van der Waals surface area contributed by atoms with Gasteiger partial charge >= 0.3 is 5.97 Å². The van der Waals surface area contributed by atoms with Crippen LogP contribution in [-0.4, -0.2) is 57.9 Å². The number of ether oxygens (including phenoxy) is 1. The van der Waals surface area contributed by atoms with Crippen molar-refractivity contribution in [3.05, 3.63) is 60.0 Å². The number of pyridine rings is 1. The molecule has 0 aliphatic carbocycles. The van der Waals surface area contributed by atoms with Crippen molar-refractivity contribution in [1.82, 2.24) is 20.1 Å². The summed E-state index contributed by atoms with van der Waals surface area (Å²) < 4.78 is 5.40. The first-order valence-electron chi connectivity index (χ1n) is 12.2. The van der Waals surface area contributed by atoms with Gasteiger partial charge in [0, 0.05) is 30.7 Å². The topological polar surface area (TPSA) is 88.4 Å². The molecule has 1 aliphatic heterocycles. The maximum Gasteiger partial charge on any atom is 0.303 e. The molecule has 1 fully saturated rings. The Bertz CT molecular complexity index is 1190. The average Bonchev–Trinajstić information content (AvgIpc) is 2.88. The highest BCUT2D eigenvalue weighted by Gasteiger charge is 2.28. The molecule has 0 spiro atoms. The largest absolute Gasteiger partial charge is 0.497 e. The number of hydrogen-bond donors (Lipinski definition) is 1. The lowest BCUT2D eigenvalue weighted by atomic mass is 9.79. The van der Waals surface area contributed by atoms with E-state index in [4.69, 9.17) is 4.74 Å². The van der Waals surface area contributed by atoms with E-state index in [-0.39, 0.29) is 6.42 Å². The molecule has 2 atom stereocenters. The number of piperidine rings is 1. The molecule has 0 amide bonds. The second-order valence-electron chi connectivity index (χ2n) is 9.13. The molecule has 1 aliphatic rings. The van der Waals surface area contributed by atoms with Crippen LogP contribution in [0.25, 0.3) is 10.9 Å². The lowest BCUT2D eigenvalue weighted by Crippen LogP contribution is -2.41. The van der Waals surface area contributed by atoms with Crippen molar-refractivity contribution in [2.75, 3.05) is 26.7 Å². The molecule has 3 heterocycles. The van der Waals surface area contributed by atoms with E-state index in [0.717, 1.165) is 55.4 Å². The van der Waals surface area contributed by atoms with E-state index < -0.39 is 5.97 Å². The standard InChI is InChI=1S/C28H32N4O3/c1-35-25-10-11-27-26(19-25)22(13-16-29-27)6-2-5-21-14-18-32(20-23(21)9-12-28(33)34)17-4-8-24-7-3-15-30-31-24/h3,7,10-11,13,15-16,19,21,23H,2,5-6,9,12,14,17-18,20H2,1H3,(H,33,34)/t21-,23+/m1/s1. The van der Waals surface area contributed by atoms with Crippen LogP contribution < -0.4 is 4.74 Å². The molecule has 35 heavy (non-hydrogen) atoms. The lowest BCUT2D eigenvalue weighted by Gasteiger charge is -2.38. The monoisotopic (exact) mass is 472 g/mol. The highest BCUT2D eigenvalue weighted by atomic mass is 16.5. The van der Waals surface area contributed by atoms with Gasteiger partial charge in [-0.2, -0.15) is 5.10 Å². The number of fused-ring (bicyclic) bond motifs is 1. The van der Waals surface area contributed by atoms with E-state index in [1.807, 2.05) is 30.5 Å². The van der Waals surface area contributed by atoms with Crippen molar-refractivity contribution in [2.24, 2.45) is 11.8 Å². The van der Waals surface area contributed by atoms with Gasteiger partial charge in [0.25, 0.3) is 0 Å². The summed E-state index contributed by atoms with van der Waals surface area (Å²) in [6.45, 7) is 2.54. The molecule has 0 bridgehead atoms. The van der Waals surface area contributed by atoms with Gasteiger partial charge in [0.2, 0.25) is 0 Å². The molecular weight excluding hydrogens is 440 g/mol.